The molecule has 1 N–H and O–H groups in total. The third-order valence-electron chi connectivity index (χ3n) is 2.78. The lowest BCUT2D eigenvalue weighted by Gasteiger charge is -2.09. The van der Waals surface area contributed by atoms with Crippen molar-refractivity contribution in [2.45, 2.75) is 10.6 Å². The summed E-state index contributed by atoms with van der Waals surface area (Å²) in [5, 5.41) is 13.8. The Labute approximate surface area is 120 Å². The molecule has 0 amide bonds. The van der Waals surface area contributed by atoms with Gasteiger partial charge >= 0.3 is 0 Å². The molecule has 0 saturated heterocycles. The van der Waals surface area contributed by atoms with Gasteiger partial charge in [-0.1, -0.05) is 12.1 Å². The van der Waals surface area contributed by atoms with Gasteiger partial charge in [-0.05, 0) is 29.8 Å². The van der Waals surface area contributed by atoms with Gasteiger partial charge in [0.15, 0.2) is 0 Å². The Morgan fingerprint density at radius 2 is 1.95 bits per heavy atom. The molecule has 0 radical (unpaired) electrons. The zero-order chi connectivity index (χ0) is 14.5. The molecule has 20 heavy (non-hydrogen) atoms. The van der Waals surface area contributed by atoms with E-state index in [-0.39, 0.29) is 11.5 Å². The highest BCUT2D eigenvalue weighted by Gasteiger charge is 2.15. The summed E-state index contributed by atoms with van der Waals surface area (Å²) < 4.78 is 12.8. The van der Waals surface area contributed by atoms with Crippen LogP contribution in [0, 0.1) is 15.9 Å². The van der Waals surface area contributed by atoms with Crippen LogP contribution in [0.5, 0.6) is 0 Å². The van der Waals surface area contributed by atoms with Crippen LogP contribution in [0.3, 0.4) is 0 Å². The normalized spacial score (nSPS) is 10.3. The van der Waals surface area contributed by atoms with Crippen LogP contribution in [0.25, 0.3) is 0 Å². The summed E-state index contributed by atoms with van der Waals surface area (Å²) >= 11 is 1.50. The van der Waals surface area contributed by atoms with Crippen molar-refractivity contribution in [1.82, 2.24) is 0 Å². The summed E-state index contributed by atoms with van der Waals surface area (Å²) in [5.74, 6) is 0.296. The zero-order valence-corrected chi connectivity index (χ0v) is 11.6. The average molecular weight is 292 g/mol. The van der Waals surface area contributed by atoms with Gasteiger partial charge in [0.25, 0.3) is 5.69 Å². The fourth-order valence-corrected chi connectivity index (χ4v) is 2.73. The van der Waals surface area contributed by atoms with Crippen molar-refractivity contribution in [3.8, 4) is 0 Å². The van der Waals surface area contributed by atoms with Crippen molar-refractivity contribution in [3.63, 3.8) is 0 Å². The number of benzene rings is 2. The van der Waals surface area contributed by atoms with Crippen LogP contribution in [0.15, 0.2) is 47.4 Å². The van der Waals surface area contributed by atoms with Crippen LogP contribution < -0.4 is 5.32 Å². The van der Waals surface area contributed by atoms with Crippen molar-refractivity contribution < 1.29 is 9.31 Å². The number of hydrogen-bond acceptors (Lipinski definition) is 4. The molecular formula is C14H13FN2O2S. The Bertz CT molecular complexity index is 617. The fraction of sp³-hybridized carbons (Fsp3) is 0.143. The molecule has 2 rings (SSSR count). The first-order valence-corrected chi connectivity index (χ1v) is 6.93. The second-order valence-corrected chi connectivity index (χ2v) is 5.11. The van der Waals surface area contributed by atoms with Gasteiger partial charge in [0.1, 0.15) is 11.5 Å². The smallest absolute Gasteiger partial charge is 0.292 e. The number of thioether (sulfide) groups is 1. The second-order valence-electron chi connectivity index (χ2n) is 4.06. The highest BCUT2D eigenvalue weighted by molar-refractivity contribution is 7.98. The maximum atomic E-state index is 12.8. The van der Waals surface area contributed by atoms with Crippen LogP contribution in [0.4, 0.5) is 15.8 Å². The van der Waals surface area contributed by atoms with Crippen molar-refractivity contribution in [2.75, 3.05) is 12.4 Å². The van der Waals surface area contributed by atoms with E-state index in [1.165, 1.54) is 30.0 Å². The predicted octanol–water partition coefficient (Wildman–Crippen LogP) is 4.07. The van der Waals surface area contributed by atoms with Crippen LogP contribution in [0.2, 0.25) is 0 Å². The summed E-state index contributed by atoms with van der Waals surface area (Å²) in [5.41, 5.74) is 1.42. The fourth-order valence-electron chi connectivity index (χ4n) is 1.84. The van der Waals surface area contributed by atoms with Gasteiger partial charge in [0.05, 0.1) is 4.92 Å². The maximum absolute atomic E-state index is 12.8. The van der Waals surface area contributed by atoms with Crippen molar-refractivity contribution >= 4 is 23.1 Å². The lowest BCUT2D eigenvalue weighted by atomic mass is 10.1. The van der Waals surface area contributed by atoms with Crippen LogP contribution in [-0.2, 0) is 5.75 Å². The topological polar surface area (TPSA) is 55.2 Å². The van der Waals surface area contributed by atoms with Gasteiger partial charge in [-0.25, -0.2) is 4.39 Å². The van der Waals surface area contributed by atoms with E-state index in [1.807, 2.05) is 6.07 Å². The molecular weight excluding hydrogens is 279 g/mol. The number of hydrogen-bond donors (Lipinski definition) is 1. The number of halogens is 1. The monoisotopic (exact) mass is 292 g/mol. The van der Waals surface area contributed by atoms with Crippen LogP contribution >= 0.6 is 11.8 Å². The SMILES string of the molecule is CNc1c(CSc2ccc(F)cc2)cccc1[N+](=O)[O-]. The Balaban J connectivity index is 2.19. The van der Waals surface area contributed by atoms with E-state index in [0.717, 1.165) is 10.5 Å². The number of nitrogens with one attached hydrogen (secondary N) is 1. The summed E-state index contributed by atoms with van der Waals surface area (Å²) in [6.45, 7) is 0. The lowest BCUT2D eigenvalue weighted by Crippen LogP contribution is -2.00. The van der Waals surface area contributed by atoms with Crippen molar-refractivity contribution in [2.24, 2.45) is 0 Å². The minimum absolute atomic E-state index is 0.0599. The van der Waals surface area contributed by atoms with Crippen LogP contribution in [0.1, 0.15) is 5.56 Å². The van der Waals surface area contributed by atoms with E-state index >= 15 is 0 Å². The number of nitro benzene ring substituents is 1. The molecule has 0 unspecified atom stereocenters. The van der Waals surface area contributed by atoms with E-state index in [4.69, 9.17) is 0 Å². The number of anilines is 1. The van der Waals surface area contributed by atoms with Crippen LogP contribution in [-0.4, -0.2) is 12.0 Å². The average Bonchev–Trinajstić information content (AvgIpc) is 2.46. The lowest BCUT2D eigenvalue weighted by molar-refractivity contribution is -0.384. The van der Waals surface area contributed by atoms with Gasteiger partial charge in [0, 0.05) is 23.8 Å². The molecule has 0 aromatic heterocycles. The van der Waals surface area contributed by atoms with Gasteiger partial charge < -0.3 is 5.32 Å². The molecule has 0 saturated carbocycles. The predicted molar refractivity (Wildman–Crippen MR) is 78.6 cm³/mol. The summed E-state index contributed by atoms with van der Waals surface area (Å²) in [7, 11) is 1.66. The first-order chi connectivity index (χ1) is 9.61. The molecule has 0 heterocycles. The van der Waals surface area contributed by atoms with E-state index in [0.29, 0.717) is 11.4 Å². The molecule has 4 nitrogen and oxygen atoms in total. The Kier molecular flexibility index (Phi) is 4.57. The largest absolute Gasteiger partial charge is 0.382 e. The molecule has 0 atom stereocenters. The minimum Gasteiger partial charge on any atom is -0.382 e. The second kappa shape index (κ2) is 6.38. The van der Waals surface area contributed by atoms with Crippen molar-refractivity contribution in [1.29, 1.82) is 0 Å². The van der Waals surface area contributed by atoms with Gasteiger partial charge in [-0.2, -0.15) is 0 Å². The van der Waals surface area contributed by atoms with E-state index in [9.17, 15) is 14.5 Å². The zero-order valence-electron chi connectivity index (χ0n) is 10.8. The summed E-state index contributed by atoms with van der Waals surface area (Å²) in [6.07, 6.45) is 0. The highest BCUT2D eigenvalue weighted by atomic mass is 32.2. The standard InChI is InChI=1S/C14H13FN2O2S/c1-16-14-10(3-2-4-13(14)17(18)19)9-20-12-7-5-11(15)6-8-12/h2-8,16H,9H2,1H3. The van der Waals surface area contributed by atoms with Gasteiger partial charge in [-0.3, -0.25) is 10.1 Å². The number of nitrogens with zero attached hydrogens (tertiary/aromatic N) is 1. The maximum Gasteiger partial charge on any atom is 0.292 e. The molecule has 0 spiro atoms. The Morgan fingerprint density at radius 3 is 2.55 bits per heavy atom. The Hall–Kier alpha value is -2.08. The molecule has 2 aromatic rings. The highest BCUT2D eigenvalue weighted by Crippen LogP contribution is 2.32. The molecule has 0 aliphatic rings. The minimum atomic E-state index is -0.405. The Morgan fingerprint density at radius 1 is 1.25 bits per heavy atom. The quantitative estimate of drug-likeness (QED) is 0.513. The van der Waals surface area contributed by atoms with Gasteiger partial charge in [0.2, 0.25) is 0 Å². The molecule has 6 heteroatoms. The first kappa shape index (κ1) is 14.3. The molecule has 0 aliphatic heterocycles. The number of rotatable bonds is 5. The molecule has 0 fully saturated rings. The summed E-state index contributed by atoms with van der Waals surface area (Å²) in [6, 6.07) is 11.2. The number of para-hydroxylation sites is 1. The van der Waals surface area contributed by atoms with E-state index in [2.05, 4.69) is 5.32 Å². The number of nitro groups is 1. The third-order valence-corrected chi connectivity index (χ3v) is 3.84. The molecule has 2 aromatic carbocycles. The van der Waals surface area contributed by atoms with E-state index in [1.54, 1.807) is 25.2 Å². The molecule has 0 bridgehead atoms. The van der Waals surface area contributed by atoms with E-state index < -0.39 is 4.92 Å². The van der Waals surface area contributed by atoms with Crippen molar-refractivity contribution in [3.05, 3.63) is 64.0 Å². The first-order valence-electron chi connectivity index (χ1n) is 5.94. The third kappa shape index (κ3) is 3.27. The van der Waals surface area contributed by atoms with Gasteiger partial charge in [-0.15, -0.1) is 11.8 Å². The molecule has 0 aliphatic carbocycles. The molecule has 104 valence electrons. The summed E-state index contributed by atoms with van der Waals surface area (Å²) in [4.78, 5) is 11.5.